The van der Waals surface area contributed by atoms with Crippen molar-refractivity contribution in [2.24, 2.45) is 5.92 Å². The molecule has 0 saturated carbocycles. The van der Waals surface area contributed by atoms with Crippen LogP contribution in [0.2, 0.25) is 0 Å². The third kappa shape index (κ3) is 2.60. The Bertz CT molecular complexity index is 282. The average molecular weight is 196 g/mol. The van der Waals surface area contributed by atoms with Gasteiger partial charge in [-0.2, -0.15) is 0 Å². The summed E-state index contributed by atoms with van der Waals surface area (Å²) < 4.78 is 0. The summed E-state index contributed by atoms with van der Waals surface area (Å²) >= 11 is 0. The number of carboxylic acid groups (broad SMARTS) is 1. The highest BCUT2D eigenvalue weighted by atomic mass is 16.4. The topological polar surface area (TPSA) is 65.1 Å². The Morgan fingerprint density at radius 3 is 2.86 bits per heavy atom. The maximum Gasteiger partial charge on any atom is 0.306 e. The number of aromatic amines is 1. The number of carbonyl (C=O) groups is 1. The summed E-state index contributed by atoms with van der Waals surface area (Å²) in [4.78, 5) is 13.8. The third-order valence-corrected chi connectivity index (χ3v) is 2.36. The van der Waals surface area contributed by atoms with Crippen LogP contribution < -0.4 is 5.32 Å². The highest BCUT2D eigenvalue weighted by Crippen LogP contribution is 2.19. The first kappa shape index (κ1) is 10.8. The maximum atomic E-state index is 10.7. The minimum absolute atomic E-state index is 0.0797. The van der Waals surface area contributed by atoms with E-state index in [1.165, 1.54) is 0 Å². The summed E-state index contributed by atoms with van der Waals surface area (Å²) in [5.41, 5.74) is 1.03. The molecule has 0 spiro atoms. The summed E-state index contributed by atoms with van der Waals surface area (Å²) in [6, 6.07) is 3.94. The van der Waals surface area contributed by atoms with Gasteiger partial charge in [0.2, 0.25) is 0 Å². The Morgan fingerprint density at radius 2 is 2.43 bits per heavy atom. The van der Waals surface area contributed by atoms with E-state index in [1.807, 2.05) is 25.4 Å². The van der Waals surface area contributed by atoms with Gasteiger partial charge in [-0.15, -0.1) is 0 Å². The van der Waals surface area contributed by atoms with Crippen molar-refractivity contribution >= 4 is 5.97 Å². The lowest BCUT2D eigenvalue weighted by molar-refractivity contribution is -0.141. The van der Waals surface area contributed by atoms with Gasteiger partial charge < -0.3 is 15.4 Å². The lowest BCUT2D eigenvalue weighted by Gasteiger charge is -2.16. The van der Waals surface area contributed by atoms with Crippen LogP contribution in [0.5, 0.6) is 0 Å². The molecule has 4 nitrogen and oxygen atoms in total. The molecule has 0 saturated heterocycles. The fourth-order valence-corrected chi connectivity index (χ4v) is 1.42. The minimum Gasteiger partial charge on any atom is -0.481 e. The first-order valence-electron chi connectivity index (χ1n) is 4.68. The van der Waals surface area contributed by atoms with Gasteiger partial charge in [-0.05, 0) is 25.6 Å². The summed E-state index contributed by atoms with van der Waals surface area (Å²) in [5.74, 6) is -1.09. The normalized spacial score (nSPS) is 15.0. The van der Waals surface area contributed by atoms with Crippen molar-refractivity contribution in [1.82, 2.24) is 10.3 Å². The summed E-state index contributed by atoms with van der Waals surface area (Å²) in [6.07, 6.45) is 2.43. The van der Waals surface area contributed by atoms with E-state index >= 15 is 0 Å². The molecule has 0 fully saturated rings. The molecular formula is C10H16N2O2. The summed E-state index contributed by atoms with van der Waals surface area (Å²) in [7, 11) is 1.83. The number of hydrogen-bond donors (Lipinski definition) is 3. The van der Waals surface area contributed by atoms with Crippen LogP contribution in [0.25, 0.3) is 0 Å². The third-order valence-electron chi connectivity index (χ3n) is 2.36. The molecular weight excluding hydrogens is 180 g/mol. The van der Waals surface area contributed by atoms with Gasteiger partial charge in [-0.3, -0.25) is 4.79 Å². The molecule has 1 aromatic heterocycles. The molecule has 0 aromatic carbocycles. The molecule has 1 heterocycles. The van der Waals surface area contributed by atoms with Crippen LogP contribution in [-0.4, -0.2) is 23.1 Å². The van der Waals surface area contributed by atoms with E-state index in [2.05, 4.69) is 10.3 Å². The second kappa shape index (κ2) is 4.81. The monoisotopic (exact) mass is 196 g/mol. The Hall–Kier alpha value is -1.29. The Morgan fingerprint density at radius 1 is 1.71 bits per heavy atom. The molecule has 0 radical (unpaired) electrons. The molecule has 14 heavy (non-hydrogen) atoms. The first-order chi connectivity index (χ1) is 6.65. The molecule has 3 N–H and O–H groups in total. The largest absolute Gasteiger partial charge is 0.481 e. The average Bonchev–Trinajstić information content (AvgIpc) is 2.66. The van der Waals surface area contributed by atoms with Gasteiger partial charge in [0.05, 0.1) is 5.92 Å². The van der Waals surface area contributed by atoms with Crippen LogP contribution in [0.4, 0.5) is 0 Å². The van der Waals surface area contributed by atoms with Crippen molar-refractivity contribution in [3.8, 4) is 0 Å². The molecule has 2 atom stereocenters. The van der Waals surface area contributed by atoms with E-state index in [-0.39, 0.29) is 12.0 Å². The number of nitrogens with one attached hydrogen (secondary N) is 2. The molecule has 78 valence electrons. The number of carboxylic acids is 1. The van der Waals surface area contributed by atoms with Crippen molar-refractivity contribution < 1.29 is 9.90 Å². The molecule has 0 aliphatic carbocycles. The number of aromatic nitrogens is 1. The SMILES string of the molecule is CNC(CC(C)C(=O)O)c1ccc[nH]1. The van der Waals surface area contributed by atoms with Crippen molar-refractivity contribution in [3.63, 3.8) is 0 Å². The van der Waals surface area contributed by atoms with Crippen LogP contribution >= 0.6 is 0 Å². The van der Waals surface area contributed by atoms with E-state index < -0.39 is 5.97 Å². The second-order valence-electron chi connectivity index (χ2n) is 3.44. The fourth-order valence-electron chi connectivity index (χ4n) is 1.42. The van der Waals surface area contributed by atoms with Crippen molar-refractivity contribution in [1.29, 1.82) is 0 Å². The van der Waals surface area contributed by atoms with Gasteiger partial charge in [0.25, 0.3) is 0 Å². The van der Waals surface area contributed by atoms with Gasteiger partial charge in [-0.25, -0.2) is 0 Å². The number of rotatable bonds is 5. The van der Waals surface area contributed by atoms with E-state index in [0.717, 1.165) is 5.69 Å². The molecule has 0 bridgehead atoms. The molecule has 0 aliphatic heterocycles. The summed E-state index contributed by atoms with van der Waals surface area (Å²) in [6.45, 7) is 1.72. The van der Waals surface area contributed by atoms with Gasteiger partial charge >= 0.3 is 5.97 Å². The standard InChI is InChI=1S/C10H16N2O2/c1-7(10(13)14)6-9(11-2)8-4-3-5-12-8/h3-5,7,9,11-12H,6H2,1-2H3,(H,13,14). The van der Waals surface area contributed by atoms with Gasteiger partial charge in [0, 0.05) is 17.9 Å². The quantitative estimate of drug-likeness (QED) is 0.666. The molecule has 0 amide bonds. The number of hydrogen-bond acceptors (Lipinski definition) is 2. The molecule has 1 aromatic rings. The fraction of sp³-hybridized carbons (Fsp3) is 0.500. The Labute approximate surface area is 83.3 Å². The number of aliphatic carboxylic acids is 1. The van der Waals surface area contributed by atoms with Gasteiger partial charge in [-0.1, -0.05) is 6.92 Å². The van der Waals surface area contributed by atoms with Crippen molar-refractivity contribution in [2.45, 2.75) is 19.4 Å². The number of H-pyrrole nitrogens is 1. The molecule has 4 heteroatoms. The lowest BCUT2D eigenvalue weighted by atomic mass is 10.00. The van der Waals surface area contributed by atoms with Crippen molar-refractivity contribution in [2.75, 3.05) is 7.05 Å². The van der Waals surface area contributed by atoms with Crippen LogP contribution in [0.3, 0.4) is 0 Å². The molecule has 0 aliphatic rings. The lowest BCUT2D eigenvalue weighted by Crippen LogP contribution is -2.22. The first-order valence-corrected chi connectivity index (χ1v) is 4.68. The summed E-state index contributed by atoms with van der Waals surface area (Å²) in [5, 5.41) is 11.9. The molecule has 2 unspecified atom stereocenters. The predicted octanol–water partition coefficient (Wildman–Crippen LogP) is 1.39. The zero-order valence-electron chi connectivity index (χ0n) is 8.45. The zero-order chi connectivity index (χ0) is 10.6. The van der Waals surface area contributed by atoms with Crippen LogP contribution in [0, 0.1) is 5.92 Å². The Kier molecular flexibility index (Phi) is 3.71. The van der Waals surface area contributed by atoms with E-state index in [1.54, 1.807) is 6.92 Å². The van der Waals surface area contributed by atoms with Crippen LogP contribution in [0.15, 0.2) is 18.3 Å². The highest BCUT2D eigenvalue weighted by Gasteiger charge is 2.18. The zero-order valence-corrected chi connectivity index (χ0v) is 8.45. The van der Waals surface area contributed by atoms with E-state index in [9.17, 15) is 4.79 Å². The van der Waals surface area contributed by atoms with Crippen molar-refractivity contribution in [3.05, 3.63) is 24.0 Å². The van der Waals surface area contributed by atoms with Crippen LogP contribution in [-0.2, 0) is 4.79 Å². The second-order valence-corrected chi connectivity index (χ2v) is 3.44. The van der Waals surface area contributed by atoms with Gasteiger partial charge in [0.15, 0.2) is 0 Å². The Balaban J connectivity index is 2.60. The minimum atomic E-state index is -0.753. The molecule has 1 rings (SSSR count). The van der Waals surface area contributed by atoms with Gasteiger partial charge in [0.1, 0.15) is 0 Å². The smallest absolute Gasteiger partial charge is 0.306 e. The van der Waals surface area contributed by atoms with Crippen LogP contribution in [0.1, 0.15) is 25.1 Å². The highest BCUT2D eigenvalue weighted by molar-refractivity contribution is 5.69. The maximum absolute atomic E-state index is 10.7. The predicted molar refractivity (Wildman–Crippen MR) is 54.0 cm³/mol. The van der Waals surface area contributed by atoms with E-state index in [0.29, 0.717) is 6.42 Å². The van der Waals surface area contributed by atoms with E-state index in [4.69, 9.17) is 5.11 Å².